The average Bonchev–Trinajstić information content (AvgIpc) is 3.27. The highest BCUT2D eigenvalue weighted by Gasteiger charge is 2.41. The van der Waals surface area contributed by atoms with Crippen LogP contribution in [0.4, 0.5) is 4.79 Å². The predicted molar refractivity (Wildman–Crippen MR) is 274 cm³/mol. The molecule has 0 aromatic carbocycles. The Morgan fingerprint density at radius 3 is 1.42 bits per heavy atom. The maximum Gasteiger partial charge on any atom is 0.408 e. The van der Waals surface area contributed by atoms with Crippen molar-refractivity contribution in [1.82, 2.24) is 10.2 Å². The maximum atomic E-state index is 14.6. The topological polar surface area (TPSA) is 215 Å². The van der Waals surface area contributed by atoms with Gasteiger partial charge in [0.05, 0.1) is 12.6 Å². The molecule has 0 aliphatic heterocycles. The van der Waals surface area contributed by atoms with Crippen molar-refractivity contribution in [2.45, 2.75) is 265 Å². The van der Waals surface area contributed by atoms with Crippen LogP contribution in [-0.2, 0) is 42.8 Å². The Kier molecular flexibility index (Phi) is 40.7. The summed E-state index contributed by atoms with van der Waals surface area (Å²) in [4.78, 5) is 82.2. The van der Waals surface area contributed by atoms with E-state index in [4.69, 9.17) is 19.0 Å². The van der Waals surface area contributed by atoms with Crippen LogP contribution in [0, 0.1) is 5.92 Å². The van der Waals surface area contributed by atoms with Gasteiger partial charge in [0.1, 0.15) is 12.2 Å². The fourth-order valence-corrected chi connectivity index (χ4v) is 8.30. The molecule has 0 rings (SSSR count). The third-order valence-corrected chi connectivity index (χ3v) is 12.3. The lowest BCUT2D eigenvalue weighted by Gasteiger charge is -2.32. The number of rotatable bonds is 45. The summed E-state index contributed by atoms with van der Waals surface area (Å²) < 4.78 is 29.4. The van der Waals surface area contributed by atoms with Gasteiger partial charge < -0.3 is 34.6 Å². The summed E-state index contributed by atoms with van der Waals surface area (Å²) in [5.74, 6) is -4.25. The first-order valence-corrected chi connectivity index (χ1v) is 28.0. The van der Waals surface area contributed by atoms with Crippen molar-refractivity contribution >= 4 is 38.0 Å². The summed E-state index contributed by atoms with van der Waals surface area (Å²) >= 11 is 0. The van der Waals surface area contributed by atoms with Gasteiger partial charge in [0.25, 0.3) is 8.18 Å². The van der Waals surface area contributed by atoms with Crippen molar-refractivity contribution in [3.8, 4) is 0 Å². The highest BCUT2D eigenvalue weighted by molar-refractivity contribution is 7.35. The molecule has 4 N–H and O–H groups in total. The molecule has 0 heterocycles. The number of nitrogens with zero attached hydrogens (tertiary/aromatic N) is 1. The van der Waals surface area contributed by atoms with Crippen LogP contribution in [0.2, 0.25) is 0 Å². The van der Waals surface area contributed by atoms with Gasteiger partial charge in [-0.25, -0.2) is 4.79 Å². The number of ether oxygens (including phenoxy) is 3. The first-order valence-electron chi connectivity index (χ1n) is 26.7. The SMILES string of the molecule is CCCCCCCC/C=C\CCCCCCCC(=O)OC(C(=O)[C@H](CC(C)C)NC(=O)OC(C)(C)C)[C@H](CON([C@@H](CO)C(=O)O)[PH](=O)O)OC(=O)CCCCCCC/C=C\CCCCCCCC. The van der Waals surface area contributed by atoms with Crippen LogP contribution in [-0.4, -0.2) is 92.8 Å². The van der Waals surface area contributed by atoms with Crippen LogP contribution in [0.25, 0.3) is 0 Å². The smallest absolute Gasteiger partial charge is 0.408 e. The normalized spacial score (nSPS) is 14.2. The molecular weight excluding hydrogens is 904 g/mol. The molecule has 0 saturated carbocycles. The number of allylic oxidation sites excluding steroid dienone is 4. The third-order valence-electron chi connectivity index (χ3n) is 11.5. The van der Waals surface area contributed by atoms with E-state index in [-0.39, 0.29) is 30.0 Å². The molecule has 2 unspecified atom stereocenters. The Bertz CT molecular complexity index is 1450. The fourth-order valence-electron chi connectivity index (χ4n) is 7.66. The molecule has 69 heavy (non-hydrogen) atoms. The van der Waals surface area contributed by atoms with Crippen molar-refractivity contribution in [2.24, 2.45) is 5.92 Å². The third kappa shape index (κ3) is 37.4. The zero-order valence-corrected chi connectivity index (χ0v) is 45.0. The van der Waals surface area contributed by atoms with Gasteiger partial charge in [-0.15, -0.1) is 0 Å². The Morgan fingerprint density at radius 2 is 1.04 bits per heavy atom. The molecule has 1 amide bonds. The van der Waals surface area contributed by atoms with Gasteiger partial charge in [0.15, 0.2) is 17.9 Å². The van der Waals surface area contributed by atoms with Crippen LogP contribution in [0.5, 0.6) is 0 Å². The van der Waals surface area contributed by atoms with E-state index in [9.17, 15) is 43.6 Å². The van der Waals surface area contributed by atoms with Gasteiger partial charge in [-0.2, -0.15) is 0 Å². The summed E-state index contributed by atoms with van der Waals surface area (Å²) in [5, 5.41) is 22.0. The van der Waals surface area contributed by atoms with Crippen LogP contribution in [0.3, 0.4) is 0 Å². The minimum absolute atomic E-state index is 0.0683. The number of nitrogens with one attached hydrogen (secondary N) is 1. The molecule has 0 aromatic rings. The van der Waals surface area contributed by atoms with Gasteiger partial charge in [0.2, 0.25) is 6.10 Å². The van der Waals surface area contributed by atoms with E-state index in [1.54, 1.807) is 20.8 Å². The van der Waals surface area contributed by atoms with E-state index in [1.807, 2.05) is 13.8 Å². The lowest BCUT2D eigenvalue weighted by molar-refractivity contribution is -0.199. The summed E-state index contributed by atoms with van der Waals surface area (Å²) in [7, 11) is -3.95. The molecular formula is C53H97N2O13P. The van der Waals surface area contributed by atoms with Gasteiger partial charge in [-0.3, -0.25) is 28.6 Å². The van der Waals surface area contributed by atoms with Gasteiger partial charge in [-0.1, -0.05) is 160 Å². The second kappa shape index (κ2) is 42.6. The number of aliphatic hydroxyl groups excluding tert-OH is 1. The predicted octanol–water partition coefficient (Wildman–Crippen LogP) is 12.5. The molecule has 5 atom stereocenters. The number of carbonyl (C=O) groups excluding carboxylic acids is 4. The highest BCUT2D eigenvalue weighted by atomic mass is 31.1. The number of unbranched alkanes of at least 4 members (excludes halogenated alkanes) is 22. The van der Waals surface area contributed by atoms with E-state index in [0.29, 0.717) is 12.8 Å². The van der Waals surface area contributed by atoms with Crippen molar-refractivity contribution < 1.29 is 62.7 Å². The second-order valence-corrected chi connectivity index (χ2v) is 20.8. The molecule has 402 valence electrons. The molecule has 0 spiro atoms. The maximum absolute atomic E-state index is 14.6. The number of alkyl carbamates (subject to hydrolysis) is 1. The molecule has 0 saturated heterocycles. The molecule has 16 heteroatoms. The number of amides is 1. The first-order chi connectivity index (χ1) is 33.0. The number of aliphatic hydroxyl groups is 1. The van der Waals surface area contributed by atoms with Crippen LogP contribution < -0.4 is 5.32 Å². The number of hydrogen-bond donors (Lipinski definition) is 4. The Balaban J connectivity index is 6.01. The number of hydrogen-bond acceptors (Lipinski definition) is 11. The summed E-state index contributed by atoms with van der Waals surface area (Å²) in [6.45, 7) is 11.0. The molecule has 0 aromatic heterocycles. The van der Waals surface area contributed by atoms with Crippen molar-refractivity contribution in [2.75, 3.05) is 13.2 Å². The lowest BCUT2D eigenvalue weighted by Crippen LogP contribution is -2.54. The number of ketones is 1. The van der Waals surface area contributed by atoms with E-state index in [1.165, 1.54) is 77.0 Å². The molecule has 0 aliphatic rings. The fraction of sp³-hybridized carbons (Fsp3) is 0.830. The average molecular weight is 1000 g/mol. The Labute approximate surface area is 417 Å². The minimum atomic E-state index is -3.95. The first kappa shape index (κ1) is 65.9. The van der Waals surface area contributed by atoms with E-state index < -0.39 is 81.1 Å². The number of hydroxylamine groups is 1. The Morgan fingerprint density at radius 1 is 0.638 bits per heavy atom. The highest BCUT2D eigenvalue weighted by Crippen LogP contribution is 2.27. The zero-order chi connectivity index (χ0) is 51.7. The Hall–Kier alpha value is -3.10. The number of aliphatic carboxylic acids is 1. The molecule has 15 nitrogen and oxygen atoms in total. The van der Waals surface area contributed by atoms with Gasteiger partial charge in [-0.05, 0) is 97.3 Å². The molecule has 0 aliphatic carbocycles. The monoisotopic (exact) mass is 1000 g/mol. The number of esters is 2. The quantitative estimate of drug-likeness (QED) is 0.0112. The van der Waals surface area contributed by atoms with E-state index in [0.717, 1.165) is 77.0 Å². The van der Waals surface area contributed by atoms with Crippen LogP contribution in [0.15, 0.2) is 24.3 Å². The summed E-state index contributed by atoms with van der Waals surface area (Å²) in [5.41, 5.74) is -0.917. The molecule has 0 fully saturated rings. The number of Topliss-reactive ketones (excluding diaryl/α,β-unsaturated/α-hetero) is 1. The molecule has 0 radical (unpaired) electrons. The van der Waals surface area contributed by atoms with E-state index >= 15 is 0 Å². The number of carboxylic acid groups (broad SMARTS) is 1. The zero-order valence-electron chi connectivity index (χ0n) is 44.0. The van der Waals surface area contributed by atoms with Gasteiger partial charge in [0, 0.05) is 12.8 Å². The lowest BCUT2D eigenvalue weighted by atomic mass is 9.95. The molecule has 0 bridgehead atoms. The van der Waals surface area contributed by atoms with Crippen molar-refractivity contribution in [1.29, 1.82) is 0 Å². The number of carbonyl (C=O) groups is 5. The standard InChI is InChI=1S/C53H97N2O13P/c1-8-10-12-14-16-18-20-22-24-26-28-30-32-34-36-38-47(57)66-46(42-65-55(69(63)64)45(41-56)51(60)61)50(49(59)44(40-43(3)4)54-52(62)68-53(5,6)7)67-48(58)39-37-35-33-31-29-27-25-23-21-19-17-15-13-11-9-2/h22-25,43-46,50,56,69H,8-21,26-42H2,1-7H3,(H,54,62)(H,60,61)(H,63,64)/b24-22-,25-23-/t44-,45-,46-,50?/m0/s1. The number of carboxylic acids is 1. The van der Waals surface area contributed by atoms with Crippen molar-refractivity contribution in [3.05, 3.63) is 24.3 Å². The summed E-state index contributed by atoms with van der Waals surface area (Å²) in [6.07, 6.45) is 31.9. The van der Waals surface area contributed by atoms with Gasteiger partial charge >= 0.3 is 24.0 Å². The minimum Gasteiger partial charge on any atom is -0.480 e. The second-order valence-electron chi connectivity index (χ2n) is 19.8. The summed E-state index contributed by atoms with van der Waals surface area (Å²) in [6, 6.07) is -3.30. The largest absolute Gasteiger partial charge is 0.480 e. The van der Waals surface area contributed by atoms with Crippen LogP contribution >= 0.6 is 8.18 Å². The van der Waals surface area contributed by atoms with Crippen LogP contribution in [0.1, 0.15) is 235 Å². The van der Waals surface area contributed by atoms with Crippen molar-refractivity contribution in [3.63, 3.8) is 0 Å². The van der Waals surface area contributed by atoms with E-state index in [2.05, 4.69) is 43.5 Å².